The van der Waals surface area contributed by atoms with E-state index in [0.29, 0.717) is 5.92 Å². The van der Waals surface area contributed by atoms with Gasteiger partial charge in [-0.3, -0.25) is 0 Å². The Bertz CT molecular complexity index is 361. The first-order chi connectivity index (χ1) is 8.01. The van der Waals surface area contributed by atoms with E-state index < -0.39 is 0 Å². The Morgan fingerprint density at radius 1 is 1.24 bits per heavy atom. The van der Waals surface area contributed by atoms with Gasteiger partial charge in [0.25, 0.3) is 0 Å². The fourth-order valence-corrected chi connectivity index (χ4v) is 2.13. The zero-order chi connectivity index (χ0) is 13.0. The Kier molecular flexibility index (Phi) is 4.97. The second kappa shape index (κ2) is 6.03. The van der Waals surface area contributed by atoms with Crippen LogP contribution in [0, 0.1) is 0 Å². The fourth-order valence-electron chi connectivity index (χ4n) is 2.13. The highest BCUT2D eigenvalue weighted by Gasteiger charge is 2.16. The van der Waals surface area contributed by atoms with Crippen LogP contribution < -0.4 is 15.8 Å². The smallest absolute Gasteiger partial charge is 0.122 e. The SMILES string of the molecule is CNC(c1ccc(OC)c(C(C)C)c1)C(C)N. The summed E-state index contributed by atoms with van der Waals surface area (Å²) in [5.41, 5.74) is 8.42. The molecule has 3 N–H and O–H groups in total. The molecule has 0 amide bonds. The Hall–Kier alpha value is -1.06. The van der Waals surface area contributed by atoms with Gasteiger partial charge in [-0.05, 0) is 37.1 Å². The van der Waals surface area contributed by atoms with Crippen LogP contribution in [-0.2, 0) is 0 Å². The Balaban J connectivity index is 3.15. The average Bonchev–Trinajstić information content (AvgIpc) is 2.29. The highest BCUT2D eigenvalue weighted by atomic mass is 16.5. The minimum Gasteiger partial charge on any atom is -0.496 e. The third-order valence-electron chi connectivity index (χ3n) is 3.07. The molecule has 0 bridgehead atoms. The van der Waals surface area contributed by atoms with Crippen molar-refractivity contribution in [3.05, 3.63) is 29.3 Å². The summed E-state index contributed by atoms with van der Waals surface area (Å²) in [6.07, 6.45) is 0. The van der Waals surface area contributed by atoms with Gasteiger partial charge in [-0.15, -0.1) is 0 Å². The molecule has 0 aliphatic heterocycles. The first-order valence-electron chi connectivity index (χ1n) is 6.12. The lowest BCUT2D eigenvalue weighted by Crippen LogP contribution is -2.33. The Morgan fingerprint density at radius 3 is 2.29 bits per heavy atom. The number of ether oxygens (including phenoxy) is 1. The van der Waals surface area contributed by atoms with Gasteiger partial charge >= 0.3 is 0 Å². The van der Waals surface area contributed by atoms with Gasteiger partial charge in [0.05, 0.1) is 7.11 Å². The molecule has 2 atom stereocenters. The summed E-state index contributed by atoms with van der Waals surface area (Å²) in [5.74, 6) is 1.39. The summed E-state index contributed by atoms with van der Waals surface area (Å²) in [5, 5.41) is 3.26. The molecule has 3 nitrogen and oxygen atoms in total. The minimum atomic E-state index is 0.0772. The van der Waals surface area contributed by atoms with Crippen LogP contribution in [0.25, 0.3) is 0 Å². The molecule has 1 rings (SSSR count). The van der Waals surface area contributed by atoms with E-state index in [0.717, 1.165) is 5.75 Å². The van der Waals surface area contributed by atoms with Crippen molar-refractivity contribution in [1.29, 1.82) is 0 Å². The molecule has 0 heterocycles. The highest BCUT2D eigenvalue weighted by Crippen LogP contribution is 2.29. The predicted octanol–water partition coefficient (Wildman–Crippen LogP) is 2.43. The van der Waals surface area contributed by atoms with E-state index in [-0.39, 0.29) is 12.1 Å². The largest absolute Gasteiger partial charge is 0.496 e. The molecule has 0 fully saturated rings. The second-order valence-corrected chi connectivity index (χ2v) is 4.78. The number of nitrogens with one attached hydrogen (secondary N) is 1. The number of nitrogens with two attached hydrogens (primary N) is 1. The summed E-state index contributed by atoms with van der Waals surface area (Å²) in [4.78, 5) is 0. The first kappa shape index (κ1) is 14.0. The molecule has 0 radical (unpaired) electrons. The molecule has 17 heavy (non-hydrogen) atoms. The molecule has 0 aliphatic rings. The van der Waals surface area contributed by atoms with Crippen molar-refractivity contribution in [2.24, 2.45) is 5.73 Å². The molecule has 3 heteroatoms. The molecular formula is C14H24N2O. The zero-order valence-corrected chi connectivity index (χ0v) is 11.4. The topological polar surface area (TPSA) is 47.3 Å². The van der Waals surface area contributed by atoms with Crippen LogP contribution in [0.2, 0.25) is 0 Å². The van der Waals surface area contributed by atoms with E-state index in [2.05, 4.69) is 31.3 Å². The standard InChI is InChI=1S/C14H24N2O/c1-9(2)12-8-11(6-7-13(12)17-5)14(16-4)10(3)15/h6-10,14,16H,15H2,1-5H3. The van der Waals surface area contributed by atoms with E-state index in [1.165, 1.54) is 11.1 Å². The molecule has 1 aromatic rings. The predicted molar refractivity (Wildman–Crippen MR) is 72.5 cm³/mol. The summed E-state index contributed by atoms with van der Waals surface area (Å²) in [6, 6.07) is 6.55. The van der Waals surface area contributed by atoms with Crippen molar-refractivity contribution >= 4 is 0 Å². The fraction of sp³-hybridized carbons (Fsp3) is 0.571. The number of likely N-dealkylation sites (N-methyl/N-ethyl adjacent to an activating group) is 1. The maximum Gasteiger partial charge on any atom is 0.122 e. The maximum atomic E-state index is 5.98. The molecular weight excluding hydrogens is 212 g/mol. The van der Waals surface area contributed by atoms with Crippen molar-refractivity contribution in [3.8, 4) is 5.75 Å². The van der Waals surface area contributed by atoms with Crippen LogP contribution >= 0.6 is 0 Å². The third kappa shape index (κ3) is 3.20. The van der Waals surface area contributed by atoms with Crippen molar-refractivity contribution < 1.29 is 4.74 Å². The molecule has 0 spiro atoms. The van der Waals surface area contributed by atoms with E-state index >= 15 is 0 Å². The van der Waals surface area contributed by atoms with Crippen molar-refractivity contribution in [3.63, 3.8) is 0 Å². The van der Waals surface area contributed by atoms with Crippen LogP contribution in [0.5, 0.6) is 5.75 Å². The summed E-state index contributed by atoms with van der Waals surface area (Å²) in [6.45, 7) is 6.35. The summed E-state index contributed by atoms with van der Waals surface area (Å²) in [7, 11) is 3.65. The molecule has 1 aromatic carbocycles. The molecule has 0 aromatic heterocycles. The maximum absolute atomic E-state index is 5.98. The zero-order valence-electron chi connectivity index (χ0n) is 11.4. The molecule has 96 valence electrons. The van der Waals surface area contributed by atoms with Crippen LogP contribution in [0.4, 0.5) is 0 Å². The number of benzene rings is 1. The molecule has 0 saturated heterocycles. The summed E-state index contributed by atoms with van der Waals surface area (Å²) < 4.78 is 5.38. The van der Waals surface area contributed by atoms with Crippen LogP contribution in [0.1, 0.15) is 43.9 Å². The van der Waals surface area contributed by atoms with Crippen molar-refractivity contribution in [2.45, 2.75) is 38.8 Å². The van der Waals surface area contributed by atoms with Gasteiger partial charge < -0.3 is 15.8 Å². The normalized spacial score (nSPS) is 14.8. The van der Waals surface area contributed by atoms with Gasteiger partial charge in [0.15, 0.2) is 0 Å². The average molecular weight is 236 g/mol. The highest BCUT2D eigenvalue weighted by molar-refractivity contribution is 5.40. The monoisotopic (exact) mass is 236 g/mol. The van der Waals surface area contributed by atoms with Gasteiger partial charge in [-0.25, -0.2) is 0 Å². The van der Waals surface area contributed by atoms with E-state index in [4.69, 9.17) is 10.5 Å². The van der Waals surface area contributed by atoms with Gasteiger partial charge in [0.2, 0.25) is 0 Å². The van der Waals surface area contributed by atoms with E-state index in [9.17, 15) is 0 Å². The quantitative estimate of drug-likeness (QED) is 0.825. The lowest BCUT2D eigenvalue weighted by atomic mass is 9.94. The number of methoxy groups -OCH3 is 1. The van der Waals surface area contributed by atoms with Crippen molar-refractivity contribution in [2.75, 3.05) is 14.2 Å². The molecule has 0 aliphatic carbocycles. The lowest BCUT2D eigenvalue weighted by molar-refractivity contribution is 0.406. The number of hydrogen-bond acceptors (Lipinski definition) is 3. The third-order valence-corrected chi connectivity index (χ3v) is 3.07. The van der Waals surface area contributed by atoms with Crippen LogP contribution in [-0.4, -0.2) is 20.2 Å². The van der Waals surface area contributed by atoms with Crippen LogP contribution in [0.15, 0.2) is 18.2 Å². The van der Waals surface area contributed by atoms with Gasteiger partial charge in [-0.1, -0.05) is 26.0 Å². The summed E-state index contributed by atoms with van der Waals surface area (Å²) >= 11 is 0. The minimum absolute atomic E-state index is 0.0772. The Labute approximate surface area is 104 Å². The number of rotatable bonds is 5. The Morgan fingerprint density at radius 2 is 1.88 bits per heavy atom. The first-order valence-corrected chi connectivity index (χ1v) is 6.12. The van der Waals surface area contributed by atoms with Gasteiger partial charge in [0, 0.05) is 12.1 Å². The van der Waals surface area contributed by atoms with E-state index in [1.807, 2.05) is 20.0 Å². The van der Waals surface area contributed by atoms with Gasteiger partial charge in [-0.2, -0.15) is 0 Å². The van der Waals surface area contributed by atoms with Crippen molar-refractivity contribution in [1.82, 2.24) is 5.32 Å². The van der Waals surface area contributed by atoms with Gasteiger partial charge in [0.1, 0.15) is 5.75 Å². The van der Waals surface area contributed by atoms with E-state index in [1.54, 1.807) is 7.11 Å². The number of hydrogen-bond donors (Lipinski definition) is 2. The molecule has 0 saturated carbocycles. The molecule has 2 unspecified atom stereocenters. The lowest BCUT2D eigenvalue weighted by Gasteiger charge is -2.22. The van der Waals surface area contributed by atoms with Crippen LogP contribution in [0.3, 0.4) is 0 Å². The second-order valence-electron chi connectivity index (χ2n) is 4.78.